The van der Waals surface area contributed by atoms with E-state index in [9.17, 15) is 22.0 Å². The molecule has 0 aliphatic heterocycles. The van der Waals surface area contributed by atoms with Crippen molar-refractivity contribution in [1.82, 2.24) is 10.0 Å². The van der Waals surface area contributed by atoms with Crippen LogP contribution < -0.4 is 14.8 Å². The number of para-hydroxylation sites is 1. The van der Waals surface area contributed by atoms with E-state index in [4.69, 9.17) is 5.26 Å². The molecule has 0 bridgehead atoms. The van der Waals surface area contributed by atoms with E-state index in [1.807, 2.05) is 0 Å². The number of nitrogens with one attached hydrogen (secondary N) is 2. The Balaban J connectivity index is 2.10. The quantitative estimate of drug-likeness (QED) is 0.273. The fourth-order valence-corrected chi connectivity index (χ4v) is 4.27. The number of amides is 1. The average molecular weight is 483 g/mol. The number of rotatable bonds is 12. The molecule has 12 heteroatoms. The van der Waals surface area contributed by atoms with Crippen molar-refractivity contribution in [2.24, 2.45) is 4.99 Å². The van der Waals surface area contributed by atoms with Crippen molar-refractivity contribution in [3.63, 3.8) is 0 Å². The molecule has 2 N–H and O–H groups in total. The highest BCUT2D eigenvalue weighted by molar-refractivity contribution is 7.99. The summed E-state index contributed by atoms with van der Waals surface area (Å²) in [6, 6.07) is 15.6. The molecule has 1 amide bonds. The van der Waals surface area contributed by atoms with Gasteiger partial charge in [-0.25, -0.2) is 8.42 Å². The highest BCUT2D eigenvalue weighted by Crippen LogP contribution is 2.28. The van der Waals surface area contributed by atoms with Crippen molar-refractivity contribution in [2.75, 3.05) is 6.54 Å². The summed E-state index contributed by atoms with van der Waals surface area (Å²) in [5, 5.41) is 10.2. The molecule has 0 radical (unpaired) electrons. The normalized spacial score (nSPS) is 12.3. The Hall–Kier alpha value is -3.17. The first-order valence-electron chi connectivity index (χ1n) is 9.19. The molecule has 2 aromatic carbocycles. The van der Waals surface area contributed by atoms with Crippen molar-refractivity contribution in [3.8, 4) is 11.8 Å². The summed E-state index contributed by atoms with van der Waals surface area (Å²) < 4.78 is 56.5. The van der Waals surface area contributed by atoms with Crippen LogP contribution in [0.5, 0.6) is 5.75 Å². The van der Waals surface area contributed by atoms with E-state index in [2.05, 4.69) is 19.8 Å². The van der Waals surface area contributed by atoms with Gasteiger partial charge in [0.15, 0.2) is 0 Å². The lowest BCUT2D eigenvalue weighted by molar-refractivity contribution is -0.120. The molecule has 0 spiro atoms. The number of thioether (sulfide) groups is 1. The lowest BCUT2D eigenvalue weighted by Crippen LogP contribution is -2.27. The number of ether oxygens (including phenoxy) is 1. The summed E-state index contributed by atoms with van der Waals surface area (Å²) in [6.45, 7) is -3.18. The van der Waals surface area contributed by atoms with E-state index in [1.165, 1.54) is 18.2 Å². The van der Waals surface area contributed by atoms with E-state index in [-0.39, 0.29) is 29.4 Å². The van der Waals surface area contributed by atoms with Crippen LogP contribution in [0.25, 0.3) is 0 Å². The van der Waals surface area contributed by atoms with Crippen molar-refractivity contribution < 1.29 is 26.7 Å². The standard InChI is InChI=1S/C20H20F2N4O4S2/c21-20(22)30-17-9-5-4-6-15(17)13-31-19(12-18(27)24-11-10-23)25-14-26-32(28,29)16-7-2-1-3-8-16/h1-9,14,19-20H,11-13H2,(H,24,27)(H,25,26). The van der Waals surface area contributed by atoms with Crippen molar-refractivity contribution in [2.45, 2.75) is 29.1 Å². The third-order valence-electron chi connectivity index (χ3n) is 3.85. The molecule has 32 heavy (non-hydrogen) atoms. The smallest absolute Gasteiger partial charge is 0.387 e. The minimum atomic E-state index is -3.84. The predicted octanol–water partition coefficient (Wildman–Crippen LogP) is 2.88. The molecule has 0 aliphatic carbocycles. The van der Waals surface area contributed by atoms with Gasteiger partial charge < -0.3 is 10.1 Å². The molecule has 1 atom stereocenters. The van der Waals surface area contributed by atoms with Gasteiger partial charge in [-0.3, -0.25) is 14.5 Å². The first kappa shape index (κ1) is 25.1. The molecule has 0 saturated heterocycles. The zero-order chi connectivity index (χ0) is 23.4. The fraction of sp³-hybridized carbons (Fsp3) is 0.250. The topological polar surface area (TPSA) is 121 Å². The van der Waals surface area contributed by atoms with Gasteiger partial charge >= 0.3 is 6.61 Å². The van der Waals surface area contributed by atoms with Crippen LogP contribution in [-0.2, 0) is 20.6 Å². The Morgan fingerprint density at radius 1 is 1.19 bits per heavy atom. The van der Waals surface area contributed by atoms with Gasteiger partial charge in [-0.15, -0.1) is 11.8 Å². The van der Waals surface area contributed by atoms with E-state index in [0.29, 0.717) is 5.56 Å². The number of benzene rings is 2. The summed E-state index contributed by atoms with van der Waals surface area (Å²) in [4.78, 5) is 16.2. The Morgan fingerprint density at radius 2 is 1.88 bits per heavy atom. The molecule has 0 fully saturated rings. The molecule has 0 aliphatic rings. The predicted molar refractivity (Wildman–Crippen MR) is 117 cm³/mol. The maximum atomic E-state index is 12.6. The lowest BCUT2D eigenvalue weighted by atomic mass is 10.2. The van der Waals surface area contributed by atoms with Gasteiger partial charge in [0.05, 0.1) is 23.7 Å². The number of hydrogen-bond acceptors (Lipinski definition) is 7. The summed E-state index contributed by atoms with van der Waals surface area (Å²) >= 11 is 1.12. The Morgan fingerprint density at radius 3 is 2.56 bits per heavy atom. The highest BCUT2D eigenvalue weighted by Gasteiger charge is 2.17. The van der Waals surface area contributed by atoms with Crippen LogP contribution in [0.15, 0.2) is 64.5 Å². The van der Waals surface area contributed by atoms with Crippen molar-refractivity contribution in [1.29, 1.82) is 5.26 Å². The first-order valence-corrected chi connectivity index (χ1v) is 11.7. The van der Waals surface area contributed by atoms with E-state index < -0.39 is 27.9 Å². The van der Waals surface area contributed by atoms with Crippen molar-refractivity contribution in [3.05, 3.63) is 60.2 Å². The van der Waals surface area contributed by atoms with Gasteiger partial charge in [0.1, 0.15) is 17.7 Å². The van der Waals surface area contributed by atoms with Crippen molar-refractivity contribution >= 4 is 34.0 Å². The van der Waals surface area contributed by atoms with Gasteiger partial charge in [0, 0.05) is 11.3 Å². The number of alkyl halides is 2. The number of nitrogens with zero attached hydrogens (tertiary/aromatic N) is 2. The van der Waals surface area contributed by atoms with Crippen LogP contribution in [0.1, 0.15) is 12.0 Å². The SMILES string of the molecule is N#CCNC(=O)CC(N=CNS(=O)(=O)c1ccccc1)SCc1ccccc1OC(F)F. The number of aliphatic imine (C=N–C) groups is 1. The summed E-state index contributed by atoms with van der Waals surface area (Å²) in [5.41, 5.74) is 0.459. The molecule has 1 unspecified atom stereocenters. The van der Waals surface area contributed by atoms with Crippen LogP contribution in [0, 0.1) is 11.3 Å². The fourth-order valence-electron chi connectivity index (χ4n) is 2.39. The van der Waals surface area contributed by atoms with E-state index in [1.54, 1.807) is 42.5 Å². The first-order chi connectivity index (χ1) is 15.3. The second kappa shape index (κ2) is 12.6. The summed E-state index contributed by atoms with van der Waals surface area (Å²) in [5.74, 6) is -0.303. The van der Waals surface area contributed by atoms with Crippen LogP contribution in [-0.4, -0.2) is 39.2 Å². The molecular weight excluding hydrogens is 462 g/mol. The van der Waals surface area contributed by atoms with Gasteiger partial charge in [0.25, 0.3) is 10.0 Å². The second-order valence-electron chi connectivity index (χ2n) is 6.10. The largest absolute Gasteiger partial charge is 0.435 e. The molecule has 0 aromatic heterocycles. The third kappa shape index (κ3) is 8.52. The minimum absolute atomic E-state index is 0.00329. The van der Waals surface area contributed by atoms with Gasteiger partial charge in [-0.1, -0.05) is 36.4 Å². The number of nitriles is 1. The zero-order valence-electron chi connectivity index (χ0n) is 16.6. The maximum Gasteiger partial charge on any atom is 0.387 e. The lowest BCUT2D eigenvalue weighted by Gasteiger charge is -2.14. The van der Waals surface area contributed by atoms with Gasteiger partial charge in [0.2, 0.25) is 5.91 Å². The van der Waals surface area contributed by atoms with Crippen LogP contribution in [0.3, 0.4) is 0 Å². The number of carbonyl (C=O) groups is 1. The van der Waals surface area contributed by atoms with Gasteiger partial charge in [-0.2, -0.15) is 14.0 Å². The van der Waals surface area contributed by atoms with E-state index >= 15 is 0 Å². The third-order valence-corrected chi connectivity index (χ3v) is 6.31. The van der Waals surface area contributed by atoms with Gasteiger partial charge in [-0.05, 0) is 18.2 Å². The highest BCUT2D eigenvalue weighted by atomic mass is 32.2. The molecule has 0 saturated carbocycles. The monoisotopic (exact) mass is 482 g/mol. The molecule has 2 aromatic rings. The number of carbonyl (C=O) groups excluding carboxylic acids is 1. The molecule has 170 valence electrons. The zero-order valence-corrected chi connectivity index (χ0v) is 18.3. The van der Waals surface area contributed by atoms with Crippen LogP contribution in [0.4, 0.5) is 8.78 Å². The summed E-state index contributed by atoms with van der Waals surface area (Å²) in [7, 11) is -3.84. The van der Waals surface area contributed by atoms with E-state index in [0.717, 1.165) is 18.1 Å². The number of hydrogen-bond donors (Lipinski definition) is 2. The number of sulfonamides is 1. The minimum Gasteiger partial charge on any atom is -0.435 e. The van der Waals surface area contributed by atoms with Crippen LogP contribution >= 0.6 is 11.8 Å². The Kier molecular flexibility index (Phi) is 9.90. The van der Waals surface area contributed by atoms with Crippen LogP contribution in [0.2, 0.25) is 0 Å². The maximum absolute atomic E-state index is 12.6. The molecule has 0 heterocycles. The Bertz CT molecular complexity index is 1060. The number of halogens is 2. The molecule has 8 nitrogen and oxygen atoms in total. The summed E-state index contributed by atoms with van der Waals surface area (Å²) in [6.07, 6.45) is 0.812. The average Bonchev–Trinajstić information content (AvgIpc) is 2.77. The Labute approximate surface area is 188 Å². The molecular formula is C20H20F2N4O4S2. The molecule has 2 rings (SSSR count). The second-order valence-corrected chi connectivity index (χ2v) is 8.98.